The molecule has 3 N–H and O–H groups in total. The third-order valence-corrected chi connectivity index (χ3v) is 5.02. The minimum Gasteiger partial charge on any atom is -0.339 e. The van der Waals surface area contributed by atoms with E-state index in [9.17, 15) is 9.59 Å². The first-order valence-electron chi connectivity index (χ1n) is 9.06. The highest BCUT2D eigenvalue weighted by Crippen LogP contribution is 2.23. The Labute approximate surface area is 151 Å². The predicted octanol–water partition coefficient (Wildman–Crippen LogP) is 3.18. The summed E-state index contributed by atoms with van der Waals surface area (Å²) in [5, 5.41) is 2.88. The van der Waals surface area contributed by atoms with Crippen molar-refractivity contribution in [1.82, 2.24) is 4.90 Å². The molecule has 0 saturated carbocycles. The number of hydrogen-bond donors (Lipinski definition) is 2. The van der Waals surface area contributed by atoms with Crippen LogP contribution in [0.5, 0.6) is 0 Å². The van der Waals surface area contributed by atoms with Gasteiger partial charge in [0.05, 0.1) is 6.04 Å². The fourth-order valence-electron chi connectivity index (χ4n) is 2.93. The number of benzene rings is 1. The Hall–Kier alpha value is -1.88. The number of hydrogen-bond acceptors (Lipinski definition) is 3. The lowest BCUT2D eigenvalue weighted by Crippen LogP contribution is -2.45. The fourth-order valence-corrected chi connectivity index (χ4v) is 2.93. The molecule has 2 amide bonds. The molecule has 138 valence electrons. The Bertz CT molecular complexity index is 641. The quantitative estimate of drug-likeness (QED) is 0.883. The molecule has 1 heterocycles. The zero-order valence-electron chi connectivity index (χ0n) is 16.1. The van der Waals surface area contributed by atoms with E-state index in [0.29, 0.717) is 17.2 Å². The van der Waals surface area contributed by atoms with E-state index in [4.69, 9.17) is 5.73 Å². The number of carbonyl (C=O) groups is 2. The molecule has 2 rings (SSSR count). The third-order valence-electron chi connectivity index (χ3n) is 5.02. The van der Waals surface area contributed by atoms with Crippen LogP contribution in [0, 0.1) is 18.3 Å². The van der Waals surface area contributed by atoms with Gasteiger partial charge in [0.25, 0.3) is 5.91 Å². The first kappa shape index (κ1) is 19.4. The average molecular weight is 345 g/mol. The second-order valence-corrected chi connectivity index (χ2v) is 8.34. The normalized spacial score (nSPS) is 17.3. The van der Waals surface area contributed by atoms with Gasteiger partial charge in [0.1, 0.15) is 0 Å². The molecule has 0 unspecified atom stereocenters. The van der Waals surface area contributed by atoms with Crippen molar-refractivity contribution in [3.05, 3.63) is 29.3 Å². The standard InChI is InChI=1S/C20H31N3O2/c1-13-8-10-23(11-9-13)19(25)15-6-7-16(14(2)12-15)22-18(24)17(21)20(3,4)5/h6-7,12-13,17H,8-11,21H2,1-5H3,(H,22,24)/t17-/m1/s1. The molecule has 1 atom stereocenters. The van der Waals surface area contributed by atoms with Gasteiger partial charge in [-0.25, -0.2) is 0 Å². The molecule has 1 fully saturated rings. The zero-order chi connectivity index (χ0) is 18.8. The van der Waals surface area contributed by atoms with Gasteiger partial charge in [0.15, 0.2) is 0 Å². The zero-order valence-corrected chi connectivity index (χ0v) is 16.1. The number of carbonyl (C=O) groups excluding carboxylic acids is 2. The van der Waals surface area contributed by atoms with Crippen molar-refractivity contribution in [3.63, 3.8) is 0 Å². The van der Waals surface area contributed by atoms with Gasteiger partial charge in [0, 0.05) is 24.3 Å². The Morgan fingerprint density at radius 2 is 1.84 bits per heavy atom. The lowest BCUT2D eigenvalue weighted by molar-refractivity contribution is -0.119. The first-order chi connectivity index (χ1) is 11.6. The lowest BCUT2D eigenvalue weighted by atomic mass is 9.87. The van der Waals surface area contributed by atoms with E-state index < -0.39 is 6.04 Å². The summed E-state index contributed by atoms with van der Waals surface area (Å²) in [5.74, 6) is 0.550. The van der Waals surface area contributed by atoms with E-state index >= 15 is 0 Å². The largest absolute Gasteiger partial charge is 0.339 e. The topological polar surface area (TPSA) is 75.4 Å². The number of aryl methyl sites for hydroxylation is 1. The minimum atomic E-state index is -0.594. The number of nitrogens with zero attached hydrogens (tertiary/aromatic N) is 1. The summed E-state index contributed by atoms with van der Waals surface area (Å²) in [7, 11) is 0. The maximum absolute atomic E-state index is 12.7. The SMILES string of the molecule is Cc1cc(C(=O)N2CCC(C)CC2)ccc1NC(=O)[C@@H](N)C(C)(C)C. The van der Waals surface area contributed by atoms with Crippen molar-refractivity contribution in [2.45, 2.75) is 53.5 Å². The second-order valence-electron chi connectivity index (χ2n) is 8.34. The Morgan fingerprint density at radius 3 is 2.36 bits per heavy atom. The smallest absolute Gasteiger partial charge is 0.253 e. The lowest BCUT2D eigenvalue weighted by Gasteiger charge is -2.30. The molecule has 0 aromatic heterocycles. The van der Waals surface area contributed by atoms with E-state index in [2.05, 4.69) is 12.2 Å². The van der Waals surface area contributed by atoms with Crippen LogP contribution in [0.2, 0.25) is 0 Å². The molecule has 1 aliphatic rings. The molecule has 0 spiro atoms. The van der Waals surface area contributed by atoms with Gasteiger partial charge in [-0.15, -0.1) is 0 Å². The Morgan fingerprint density at radius 1 is 1.24 bits per heavy atom. The molecule has 0 radical (unpaired) electrons. The Kier molecular flexibility index (Phi) is 5.88. The van der Waals surface area contributed by atoms with Gasteiger partial charge < -0.3 is 16.0 Å². The van der Waals surface area contributed by atoms with Gasteiger partial charge in [-0.1, -0.05) is 27.7 Å². The number of amides is 2. The van der Waals surface area contributed by atoms with Crippen LogP contribution in [0.1, 0.15) is 56.5 Å². The third kappa shape index (κ3) is 4.82. The van der Waals surface area contributed by atoms with E-state index in [1.807, 2.05) is 38.7 Å². The van der Waals surface area contributed by atoms with Crippen LogP contribution in [0.25, 0.3) is 0 Å². The summed E-state index contributed by atoms with van der Waals surface area (Å²) in [5.41, 5.74) is 7.94. The monoisotopic (exact) mass is 345 g/mol. The van der Waals surface area contributed by atoms with Crippen LogP contribution in [-0.2, 0) is 4.79 Å². The summed E-state index contributed by atoms with van der Waals surface area (Å²) in [4.78, 5) is 26.9. The molecule has 25 heavy (non-hydrogen) atoms. The predicted molar refractivity (Wildman–Crippen MR) is 102 cm³/mol. The van der Waals surface area contributed by atoms with Crippen LogP contribution >= 0.6 is 0 Å². The molecular weight excluding hydrogens is 314 g/mol. The molecule has 5 heteroatoms. The van der Waals surface area contributed by atoms with E-state index in [0.717, 1.165) is 31.5 Å². The van der Waals surface area contributed by atoms with Gasteiger partial charge in [-0.05, 0) is 54.9 Å². The molecule has 0 aliphatic carbocycles. The van der Waals surface area contributed by atoms with Crippen LogP contribution < -0.4 is 11.1 Å². The Balaban J connectivity index is 2.07. The number of likely N-dealkylation sites (tertiary alicyclic amines) is 1. The summed E-state index contributed by atoms with van der Waals surface area (Å²) < 4.78 is 0. The van der Waals surface area contributed by atoms with Crippen LogP contribution in [-0.4, -0.2) is 35.8 Å². The van der Waals surface area contributed by atoms with Crippen molar-refractivity contribution in [1.29, 1.82) is 0 Å². The van der Waals surface area contributed by atoms with E-state index in [1.165, 1.54) is 0 Å². The molecule has 1 saturated heterocycles. The maximum Gasteiger partial charge on any atom is 0.253 e. The summed E-state index contributed by atoms with van der Waals surface area (Å²) in [6, 6.07) is 4.83. The highest BCUT2D eigenvalue weighted by molar-refractivity contribution is 5.98. The van der Waals surface area contributed by atoms with Crippen LogP contribution in [0.15, 0.2) is 18.2 Å². The highest BCUT2D eigenvalue weighted by Gasteiger charge is 2.28. The summed E-state index contributed by atoms with van der Waals surface area (Å²) in [6.45, 7) is 11.6. The molecule has 1 aromatic carbocycles. The van der Waals surface area contributed by atoms with Gasteiger partial charge in [-0.2, -0.15) is 0 Å². The molecular formula is C20H31N3O2. The van der Waals surface area contributed by atoms with Crippen molar-refractivity contribution in [2.75, 3.05) is 18.4 Å². The number of rotatable bonds is 3. The number of anilines is 1. The number of nitrogens with two attached hydrogens (primary N) is 1. The summed E-state index contributed by atoms with van der Waals surface area (Å²) >= 11 is 0. The minimum absolute atomic E-state index is 0.0688. The summed E-state index contributed by atoms with van der Waals surface area (Å²) in [6.07, 6.45) is 2.12. The fraction of sp³-hybridized carbons (Fsp3) is 0.600. The van der Waals surface area contributed by atoms with Crippen molar-refractivity contribution in [3.8, 4) is 0 Å². The van der Waals surface area contributed by atoms with Crippen LogP contribution in [0.4, 0.5) is 5.69 Å². The van der Waals surface area contributed by atoms with E-state index in [1.54, 1.807) is 12.1 Å². The van der Waals surface area contributed by atoms with Crippen molar-refractivity contribution >= 4 is 17.5 Å². The second kappa shape index (κ2) is 7.56. The van der Waals surface area contributed by atoms with Gasteiger partial charge in [0.2, 0.25) is 5.91 Å². The first-order valence-corrected chi connectivity index (χ1v) is 9.06. The molecule has 5 nitrogen and oxygen atoms in total. The number of nitrogens with one attached hydrogen (secondary N) is 1. The highest BCUT2D eigenvalue weighted by atomic mass is 16.2. The number of piperidine rings is 1. The molecule has 1 aromatic rings. The molecule has 1 aliphatic heterocycles. The van der Waals surface area contributed by atoms with Crippen molar-refractivity contribution < 1.29 is 9.59 Å². The molecule has 0 bridgehead atoms. The van der Waals surface area contributed by atoms with Crippen molar-refractivity contribution in [2.24, 2.45) is 17.1 Å². The maximum atomic E-state index is 12.7. The average Bonchev–Trinajstić information content (AvgIpc) is 2.55. The van der Waals surface area contributed by atoms with E-state index in [-0.39, 0.29) is 17.2 Å². The van der Waals surface area contributed by atoms with Gasteiger partial charge in [-0.3, -0.25) is 9.59 Å². The van der Waals surface area contributed by atoms with Crippen LogP contribution in [0.3, 0.4) is 0 Å². The van der Waals surface area contributed by atoms with Gasteiger partial charge >= 0.3 is 0 Å².